The maximum Gasteiger partial charge on any atom is 0.117 e. The van der Waals surface area contributed by atoms with Crippen molar-refractivity contribution in [2.24, 2.45) is 21.2 Å². The monoisotopic (exact) mass is 281 g/mol. The van der Waals surface area contributed by atoms with Crippen molar-refractivity contribution in [3.63, 3.8) is 0 Å². The predicted octanol–water partition coefficient (Wildman–Crippen LogP) is 4.77. The highest BCUT2D eigenvalue weighted by molar-refractivity contribution is 5.66. The lowest BCUT2D eigenvalue weighted by molar-refractivity contribution is -0.180. The van der Waals surface area contributed by atoms with E-state index in [4.69, 9.17) is 5.11 Å². The van der Waals surface area contributed by atoms with Crippen LogP contribution < -0.4 is 5.01 Å². The molecule has 1 aliphatic heterocycles. The Bertz CT molecular complexity index is 706. The van der Waals surface area contributed by atoms with Gasteiger partial charge in [-0.15, -0.1) is 0 Å². The molecule has 3 aliphatic rings. The predicted molar refractivity (Wildman–Crippen MR) is 85.2 cm³/mol. The van der Waals surface area contributed by atoms with Gasteiger partial charge in [0.1, 0.15) is 5.54 Å². The molecule has 1 fully saturated rings. The van der Waals surface area contributed by atoms with Gasteiger partial charge < -0.3 is 0 Å². The third kappa shape index (κ3) is 0.889. The number of hydrogen-bond acceptors (Lipinski definition) is 3. The van der Waals surface area contributed by atoms with Crippen molar-refractivity contribution in [1.29, 1.82) is 0 Å². The first-order valence-electron chi connectivity index (χ1n) is 7.73. The van der Waals surface area contributed by atoms with Gasteiger partial charge in [-0.2, -0.15) is 5.11 Å². The summed E-state index contributed by atoms with van der Waals surface area (Å²) in [4.78, 5) is 0. The zero-order valence-corrected chi connectivity index (χ0v) is 13.7. The Balaban J connectivity index is 1.92. The number of anilines is 1. The van der Waals surface area contributed by atoms with Crippen molar-refractivity contribution in [1.82, 2.24) is 0 Å². The van der Waals surface area contributed by atoms with E-state index >= 15 is 0 Å². The lowest BCUT2D eigenvalue weighted by Gasteiger charge is -2.81. The van der Waals surface area contributed by atoms with Crippen molar-refractivity contribution >= 4 is 5.69 Å². The summed E-state index contributed by atoms with van der Waals surface area (Å²) in [5.74, 6) is 0. The minimum atomic E-state index is -0.159. The fourth-order valence-electron chi connectivity index (χ4n) is 5.77. The van der Waals surface area contributed by atoms with E-state index in [1.807, 2.05) is 6.07 Å². The standard InChI is InChI=1S/C18H23N3/c1-12-13(2)16(4)15(12,3)17(5)18(16,6)21(20-19-17)14-10-8-7-9-11-14/h7-11H,1-6H3/t15-,16-,17-,18+/m1/s1. The number of fused-ring (bicyclic) bond motifs is 4. The van der Waals surface area contributed by atoms with Crippen molar-refractivity contribution in [2.75, 3.05) is 5.01 Å². The second-order valence-corrected chi connectivity index (χ2v) is 7.48. The van der Waals surface area contributed by atoms with Gasteiger partial charge in [0.15, 0.2) is 0 Å². The molecule has 3 heteroatoms. The molecule has 2 aliphatic carbocycles. The van der Waals surface area contributed by atoms with Gasteiger partial charge in [-0.3, -0.25) is 0 Å². The largest absolute Gasteiger partial charge is 0.238 e. The molecule has 110 valence electrons. The van der Waals surface area contributed by atoms with Crippen LogP contribution in [0.4, 0.5) is 5.69 Å². The molecule has 0 aromatic heterocycles. The van der Waals surface area contributed by atoms with Crippen molar-refractivity contribution < 1.29 is 0 Å². The molecule has 0 N–H and O–H groups in total. The van der Waals surface area contributed by atoms with Crippen LogP contribution in [0.15, 0.2) is 51.8 Å². The summed E-state index contributed by atoms with van der Waals surface area (Å²) in [6, 6.07) is 10.4. The highest BCUT2D eigenvalue weighted by atomic mass is 15.7. The number of para-hydroxylation sites is 1. The molecular weight excluding hydrogens is 258 g/mol. The average Bonchev–Trinajstić information content (AvgIpc) is 2.77. The lowest BCUT2D eigenvalue weighted by atomic mass is 9.23. The van der Waals surface area contributed by atoms with Crippen LogP contribution in [0.1, 0.15) is 41.5 Å². The Morgan fingerprint density at radius 1 is 0.857 bits per heavy atom. The fourth-order valence-corrected chi connectivity index (χ4v) is 5.77. The van der Waals surface area contributed by atoms with Crippen molar-refractivity contribution in [2.45, 2.75) is 52.6 Å². The van der Waals surface area contributed by atoms with Gasteiger partial charge in [0.05, 0.1) is 11.2 Å². The maximum atomic E-state index is 4.77. The summed E-state index contributed by atoms with van der Waals surface area (Å²) in [5.41, 5.74) is 4.13. The molecule has 1 aromatic rings. The van der Waals surface area contributed by atoms with E-state index in [9.17, 15) is 0 Å². The number of benzene rings is 1. The molecule has 0 radical (unpaired) electrons. The quantitative estimate of drug-likeness (QED) is 0.682. The third-order valence-corrected chi connectivity index (χ3v) is 7.72. The minimum Gasteiger partial charge on any atom is -0.238 e. The van der Waals surface area contributed by atoms with Gasteiger partial charge in [0.25, 0.3) is 0 Å². The second kappa shape index (κ2) is 3.23. The van der Waals surface area contributed by atoms with E-state index in [0.29, 0.717) is 0 Å². The maximum absolute atomic E-state index is 4.77. The molecule has 0 spiro atoms. The Hall–Kier alpha value is -1.64. The van der Waals surface area contributed by atoms with Crippen molar-refractivity contribution in [3.05, 3.63) is 41.5 Å². The van der Waals surface area contributed by atoms with Crippen LogP contribution >= 0.6 is 0 Å². The Morgan fingerprint density at radius 2 is 1.43 bits per heavy atom. The minimum absolute atomic E-state index is 0.0975. The summed E-state index contributed by atoms with van der Waals surface area (Å²) in [6.45, 7) is 13.9. The number of hydrogen-bond donors (Lipinski definition) is 0. The molecule has 1 saturated carbocycles. The zero-order valence-electron chi connectivity index (χ0n) is 13.7. The van der Waals surface area contributed by atoms with Crippen LogP contribution in [0, 0.1) is 10.8 Å². The molecule has 1 heterocycles. The third-order valence-electron chi connectivity index (χ3n) is 7.72. The Labute approximate surface area is 126 Å². The van der Waals surface area contributed by atoms with Gasteiger partial charge in [0, 0.05) is 10.8 Å². The smallest absolute Gasteiger partial charge is 0.117 e. The van der Waals surface area contributed by atoms with Gasteiger partial charge >= 0.3 is 0 Å². The lowest BCUT2D eigenvalue weighted by Crippen LogP contribution is -2.89. The van der Waals surface area contributed by atoms with E-state index < -0.39 is 0 Å². The highest BCUT2D eigenvalue weighted by Crippen LogP contribution is 2.84. The Kier molecular flexibility index (Phi) is 2.01. The molecule has 1 aromatic carbocycles. The van der Waals surface area contributed by atoms with Crippen LogP contribution in [0.3, 0.4) is 0 Å². The van der Waals surface area contributed by atoms with Gasteiger partial charge in [-0.1, -0.05) is 48.4 Å². The summed E-state index contributed by atoms with van der Waals surface area (Å²) in [7, 11) is 0. The normalized spacial score (nSPS) is 46.9. The van der Waals surface area contributed by atoms with Gasteiger partial charge in [0.2, 0.25) is 0 Å². The van der Waals surface area contributed by atoms with Crippen molar-refractivity contribution in [3.8, 4) is 0 Å². The summed E-state index contributed by atoms with van der Waals surface area (Å²) in [6.07, 6.45) is 0. The van der Waals surface area contributed by atoms with Gasteiger partial charge in [-0.05, 0) is 39.8 Å². The van der Waals surface area contributed by atoms with E-state index in [1.165, 1.54) is 11.1 Å². The molecule has 3 nitrogen and oxygen atoms in total. The molecule has 4 atom stereocenters. The van der Waals surface area contributed by atoms with E-state index in [2.05, 4.69) is 76.0 Å². The van der Waals surface area contributed by atoms with Crippen LogP contribution in [0.5, 0.6) is 0 Å². The second-order valence-electron chi connectivity index (χ2n) is 7.48. The molecule has 0 bridgehead atoms. The Morgan fingerprint density at radius 3 is 2.05 bits per heavy atom. The first-order chi connectivity index (χ1) is 9.77. The molecule has 21 heavy (non-hydrogen) atoms. The molecular formula is C18H23N3. The number of rotatable bonds is 1. The molecule has 0 unspecified atom stereocenters. The average molecular weight is 281 g/mol. The fraction of sp³-hybridized carbons (Fsp3) is 0.556. The van der Waals surface area contributed by atoms with Crippen LogP contribution in [-0.4, -0.2) is 11.1 Å². The SMILES string of the molecule is CC1=C(C)[C@]2(C)[C@]1(C)[C@@]1(C)N=NN(c3ccccc3)[C@]12C. The van der Waals surface area contributed by atoms with Crippen LogP contribution in [0.2, 0.25) is 0 Å². The number of nitrogens with zero attached hydrogens (tertiary/aromatic N) is 3. The summed E-state index contributed by atoms with van der Waals surface area (Å²) < 4.78 is 0. The first-order valence-corrected chi connectivity index (χ1v) is 7.73. The molecule has 0 saturated heterocycles. The van der Waals surface area contributed by atoms with Crippen LogP contribution in [0.25, 0.3) is 0 Å². The molecule has 0 amide bonds. The zero-order chi connectivity index (χ0) is 15.3. The summed E-state index contributed by atoms with van der Waals surface area (Å²) in [5, 5.41) is 11.5. The summed E-state index contributed by atoms with van der Waals surface area (Å²) >= 11 is 0. The van der Waals surface area contributed by atoms with E-state index in [1.54, 1.807) is 0 Å². The highest BCUT2D eigenvalue weighted by Gasteiger charge is 2.89. The van der Waals surface area contributed by atoms with E-state index in [-0.39, 0.29) is 21.9 Å². The van der Waals surface area contributed by atoms with Gasteiger partial charge in [-0.25, -0.2) is 5.01 Å². The topological polar surface area (TPSA) is 28.0 Å². The van der Waals surface area contributed by atoms with E-state index in [0.717, 1.165) is 5.69 Å². The molecule has 4 rings (SSSR count). The first kappa shape index (κ1) is 13.1. The van der Waals surface area contributed by atoms with Crippen LogP contribution in [-0.2, 0) is 0 Å².